The molecule has 1 saturated carbocycles. The van der Waals surface area contributed by atoms with E-state index in [1.807, 2.05) is 14.1 Å². The van der Waals surface area contributed by atoms with Crippen LogP contribution in [0.15, 0.2) is 6.07 Å². The molecule has 3 rings (SSSR count). The number of fused-ring (bicyclic) bond motifs is 1. The van der Waals surface area contributed by atoms with Gasteiger partial charge in [-0.15, -0.1) is 11.3 Å². The molecule has 0 aliphatic heterocycles. The smallest absolute Gasteiger partial charge is 0.261 e. The van der Waals surface area contributed by atoms with Crippen molar-refractivity contribution < 1.29 is 9.59 Å². The molecule has 1 fully saturated rings. The number of hydrogen-bond donors (Lipinski definition) is 1. The molecular formula is C21H32N2O2S. The molecule has 0 spiro atoms. The Kier molecular flexibility index (Phi) is 6.38. The lowest BCUT2D eigenvalue weighted by molar-refractivity contribution is -0.141. The van der Waals surface area contributed by atoms with Crippen LogP contribution in [0.2, 0.25) is 0 Å². The van der Waals surface area contributed by atoms with Crippen molar-refractivity contribution >= 4 is 23.2 Å². The first kappa shape index (κ1) is 19.4. The maximum absolute atomic E-state index is 12.8. The maximum Gasteiger partial charge on any atom is 0.261 e. The summed E-state index contributed by atoms with van der Waals surface area (Å²) in [4.78, 5) is 29.5. The fourth-order valence-corrected chi connectivity index (χ4v) is 5.63. The first-order valence-electron chi connectivity index (χ1n) is 10.1. The zero-order chi connectivity index (χ0) is 18.6. The lowest BCUT2D eigenvalue weighted by Gasteiger charge is -2.37. The van der Waals surface area contributed by atoms with Crippen LogP contribution in [0.4, 0.5) is 0 Å². The molecular weight excluding hydrogens is 344 g/mol. The van der Waals surface area contributed by atoms with E-state index in [9.17, 15) is 9.59 Å². The van der Waals surface area contributed by atoms with Gasteiger partial charge in [0.1, 0.15) is 0 Å². The monoisotopic (exact) mass is 376 g/mol. The summed E-state index contributed by atoms with van der Waals surface area (Å²) in [7, 11) is 3.64. The van der Waals surface area contributed by atoms with Gasteiger partial charge in [-0.25, -0.2) is 0 Å². The van der Waals surface area contributed by atoms with Gasteiger partial charge in [-0.05, 0) is 50.2 Å². The standard InChI is InChI=1S/C21H32N2O2S/c1-23(2)20(25)21(12-8-5-9-13-21)15-22-19(24)18-14-16-10-6-3-4-7-11-17(16)26-18/h14H,3-13,15H2,1-2H3,(H,22,24). The first-order chi connectivity index (χ1) is 12.5. The first-order valence-corrected chi connectivity index (χ1v) is 10.9. The fraction of sp³-hybridized carbons (Fsp3) is 0.714. The zero-order valence-electron chi connectivity index (χ0n) is 16.2. The second-order valence-corrected chi connectivity index (χ2v) is 9.33. The van der Waals surface area contributed by atoms with E-state index in [-0.39, 0.29) is 11.8 Å². The summed E-state index contributed by atoms with van der Waals surface area (Å²) in [6.45, 7) is 0.464. The summed E-state index contributed by atoms with van der Waals surface area (Å²) in [5, 5.41) is 3.11. The number of nitrogens with one attached hydrogen (secondary N) is 1. The van der Waals surface area contributed by atoms with E-state index in [1.165, 1.54) is 42.5 Å². The molecule has 2 aliphatic rings. The Morgan fingerprint density at radius 1 is 1.04 bits per heavy atom. The van der Waals surface area contributed by atoms with Gasteiger partial charge in [0, 0.05) is 25.5 Å². The van der Waals surface area contributed by atoms with E-state index < -0.39 is 5.41 Å². The quantitative estimate of drug-likeness (QED) is 0.857. The van der Waals surface area contributed by atoms with Crippen LogP contribution >= 0.6 is 11.3 Å². The summed E-state index contributed by atoms with van der Waals surface area (Å²) in [5.41, 5.74) is 0.958. The Morgan fingerprint density at radius 3 is 2.38 bits per heavy atom. The predicted octanol–water partition coefficient (Wildman–Crippen LogP) is 4.18. The number of nitrogens with zero attached hydrogens (tertiary/aromatic N) is 1. The number of amides is 2. The summed E-state index contributed by atoms with van der Waals surface area (Å²) in [6.07, 6.45) is 12.4. The number of rotatable bonds is 4. The third-order valence-corrected chi connectivity index (χ3v) is 7.21. The highest BCUT2D eigenvalue weighted by atomic mass is 32.1. The van der Waals surface area contributed by atoms with Crippen LogP contribution in [0.3, 0.4) is 0 Å². The third-order valence-electron chi connectivity index (χ3n) is 5.98. The van der Waals surface area contributed by atoms with Crippen molar-refractivity contribution in [1.29, 1.82) is 0 Å². The Morgan fingerprint density at radius 2 is 1.69 bits per heavy atom. The molecule has 2 amide bonds. The topological polar surface area (TPSA) is 49.4 Å². The van der Waals surface area contributed by atoms with E-state index >= 15 is 0 Å². The van der Waals surface area contributed by atoms with Crippen LogP contribution in [0.5, 0.6) is 0 Å². The van der Waals surface area contributed by atoms with Gasteiger partial charge in [-0.3, -0.25) is 9.59 Å². The Labute approximate surface area is 161 Å². The van der Waals surface area contributed by atoms with Gasteiger partial charge in [-0.2, -0.15) is 0 Å². The normalized spacial score (nSPS) is 19.8. The van der Waals surface area contributed by atoms with E-state index in [1.54, 1.807) is 16.2 Å². The molecule has 1 N–H and O–H groups in total. The van der Waals surface area contributed by atoms with E-state index in [4.69, 9.17) is 0 Å². The Bertz CT molecular complexity index is 619. The Hall–Kier alpha value is -1.36. The molecule has 1 aromatic heterocycles. The fourth-order valence-electron chi connectivity index (χ4n) is 4.46. The average Bonchev–Trinajstić information content (AvgIpc) is 3.02. The van der Waals surface area contributed by atoms with Crippen LogP contribution in [0.25, 0.3) is 0 Å². The molecule has 0 saturated heterocycles. The lowest BCUT2D eigenvalue weighted by atomic mass is 9.73. The van der Waals surface area contributed by atoms with Gasteiger partial charge < -0.3 is 10.2 Å². The van der Waals surface area contributed by atoms with E-state index in [0.717, 1.165) is 43.4 Å². The Balaban J connectivity index is 1.68. The van der Waals surface area contributed by atoms with Crippen molar-refractivity contribution in [3.05, 3.63) is 21.4 Å². The molecule has 0 atom stereocenters. The summed E-state index contributed by atoms with van der Waals surface area (Å²) >= 11 is 1.66. The highest BCUT2D eigenvalue weighted by Crippen LogP contribution is 2.37. The van der Waals surface area contributed by atoms with E-state index in [0.29, 0.717) is 6.54 Å². The molecule has 144 valence electrons. The highest BCUT2D eigenvalue weighted by Gasteiger charge is 2.40. The molecule has 0 aromatic carbocycles. The molecule has 0 bridgehead atoms. The van der Waals surface area contributed by atoms with Gasteiger partial charge in [0.15, 0.2) is 0 Å². The number of thiophene rings is 1. The highest BCUT2D eigenvalue weighted by molar-refractivity contribution is 7.14. The van der Waals surface area contributed by atoms with Crippen molar-refractivity contribution in [1.82, 2.24) is 10.2 Å². The summed E-state index contributed by atoms with van der Waals surface area (Å²) < 4.78 is 0. The summed E-state index contributed by atoms with van der Waals surface area (Å²) in [6, 6.07) is 2.10. The molecule has 1 heterocycles. The number of hydrogen-bond acceptors (Lipinski definition) is 3. The van der Waals surface area contributed by atoms with Crippen LogP contribution in [0.1, 0.15) is 77.9 Å². The van der Waals surface area contributed by atoms with Gasteiger partial charge >= 0.3 is 0 Å². The molecule has 0 unspecified atom stereocenters. The summed E-state index contributed by atoms with van der Waals surface area (Å²) in [5.74, 6) is 0.161. The molecule has 26 heavy (non-hydrogen) atoms. The average molecular weight is 377 g/mol. The molecule has 4 nitrogen and oxygen atoms in total. The van der Waals surface area contributed by atoms with Crippen molar-refractivity contribution in [3.63, 3.8) is 0 Å². The SMILES string of the molecule is CN(C)C(=O)C1(CNC(=O)c2cc3c(s2)CCCCCC3)CCCCC1. The van der Waals surface area contributed by atoms with E-state index in [2.05, 4.69) is 11.4 Å². The molecule has 5 heteroatoms. The van der Waals surface area contributed by atoms with Crippen LogP contribution in [-0.4, -0.2) is 37.4 Å². The minimum atomic E-state index is -0.413. The minimum absolute atomic E-state index is 0.00162. The van der Waals surface area contributed by atoms with Crippen LogP contribution < -0.4 is 5.32 Å². The third kappa shape index (κ3) is 4.30. The molecule has 0 radical (unpaired) electrons. The van der Waals surface area contributed by atoms with Gasteiger partial charge in [0.25, 0.3) is 5.91 Å². The van der Waals surface area contributed by atoms with Gasteiger partial charge in [0.2, 0.25) is 5.91 Å². The zero-order valence-corrected chi connectivity index (χ0v) is 17.1. The molecule has 1 aromatic rings. The predicted molar refractivity (Wildman–Crippen MR) is 107 cm³/mol. The number of aryl methyl sites for hydroxylation is 2. The van der Waals surface area contributed by atoms with Gasteiger partial charge in [0.05, 0.1) is 10.3 Å². The van der Waals surface area contributed by atoms with Crippen molar-refractivity contribution in [2.45, 2.75) is 70.6 Å². The van der Waals surface area contributed by atoms with Crippen LogP contribution in [-0.2, 0) is 17.6 Å². The maximum atomic E-state index is 12.8. The van der Waals surface area contributed by atoms with Gasteiger partial charge in [-0.1, -0.05) is 32.1 Å². The second-order valence-electron chi connectivity index (χ2n) is 8.20. The van der Waals surface area contributed by atoms with Crippen molar-refractivity contribution in [2.24, 2.45) is 5.41 Å². The number of carbonyl (C=O) groups excluding carboxylic acids is 2. The van der Waals surface area contributed by atoms with Crippen molar-refractivity contribution in [3.8, 4) is 0 Å². The largest absolute Gasteiger partial charge is 0.350 e. The molecule has 2 aliphatic carbocycles. The number of carbonyl (C=O) groups is 2. The second kappa shape index (κ2) is 8.55. The lowest BCUT2D eigenvalue weighted by Crippen LogP contribution is -2.49. The minimum Gasteiger partial charge on any atom is -0.350 e. The van der Waals surface area contributed by atoms with Crippen LogP contribution in [0, 0.1) is 5.41 Å². The van der Waals surface area contributed by atoms with Crippen molar-refractivity contribution in [2.75, 3.05) is 20.6 Å².